The van der Waals surface area contributed by atoms with Crippen LogP contribution in [0.5, 0.6) is 0 Å². The topological polar surface area (TPSA) is 0 Å². The second-order valence-corrected chi connectivity index (χ2v) is 9.12. The van der Waals surface area contributed by atoms with Crippen molar-refractivity contribution in [1.82, 2.24) is 0 Å². The maximum atomic E-state index is 9.87. The summed E-state index contributed by atoms with van der Waals surface area (Å²) in [6.07, 6.45) is 0. The maximum Gasteiger partial charge on any atom is 3.00 e. The predicted octanol–water partition coefficient (Wildman–Crippen LogP) is 9.32. The van der Waals surface area contributed by atoms with Crippen molar-refractivity contribution in [2.75, 3.05) is 0 Å². The van der Waals surface area contributed by atoms with Gasteiger partial charge < -0.3 is 0 Å². The fourth-order valence-corrected chi connectivity index (χ4v) is 2.81. The molecule has 2 aliphatic rings. The van der Waals surface area contributed by atoms with Crippen molar-refractivity contribution in [3.63, 3.8) is 0 Å². The van der Waals surface area contributed by atoms with Crippen LogP contribution in [0.4, 0.5) is 25.2 Å². The summed E-state index contributed by atoms with van der Waals surface area (Å²) in [6, 6.07) is 0. The molecule has 11 radical (unpaired) electrons. The first-order valence-electron chi connectivity index (χ1n) is 8.51. The summed E-state index contributed by atoms with van der Waals surface area (Å²) < 4.78 is 59.2. The molecule has 163 valence electrons. The van der Waals surface area contributed by atoms with Crippen LogP contribution in [0, 0.1) is 59.2 Å². The van der Waals surface area contributed by atoms with E-state index in [9.17, 15) is 25.2 Å². The van der Waals surface area contributed by atoms with E-state index >= 15 is 0 Å². The van der Waals surface area contributed by atoms with Gasteiger partial charge in [0.1, 0.15) is 0 Å². The van der Waals surface area contributed by atoms with Crippen molar-refractivity contribution in [3.8, 4) is 0 Å². The van der Waals surface area contributed by atoms with Gasteiger partial charge in [-0.15, -0.1) is 0 Å². The van der Waals surface area contributed by atoms with Gasteiger partial charge in [0.05, 0.1) is 0 Å². The number of rotatable bonds is 0. The van der Waals surface area contributed by atoms with Crippen LogP contribution in [0.1, 0.15) is 69.2 Å². The largest absolute Gasteiger partial charge is 3.00 e. The van der Waals surface area contributed by atoms with E-state index in [2.05, 4.69) is 69.2 Å². The molecule has 0 aromatic carbocycles. The van der Waals surface area contributed by atoms with Gasteiger partial charge in [-0.2, -0.15) is 0 Å². The van der Waals surface area contributed by atoms with Crippen LogP contribution in [0.15, 0.2) is 0 Å². The molecule has 0 aromatic rings. The van der Waals surface area contributed by atoms with E-state index in [-0.39, 0.29) is 17.1 Å². The molecular weight excluding hydrogens is 441 g/mol. The number of halogens is 6. The molecule has 0 amide bonds. The van der Waals surface area contributed by atoms with Crippen molar-refractivity contribution >= 4 is 7.81 Å². The van der Waals surface area contributed by atoms with Gasteiger partial charge in [0, 0.05) is 0 Å². The fraction of sp³-hybridized carbons (Fsp3) is 0.500. The molecule has 2 aliphatic carbocycles. The van der Waals surface area contributed by atoms with Crippen LogP contribution in [0.2, 0.25) is 0 Å². The van der Waals surface area contributed by atoms with E-state index in [0.29, 0.717) is 0 Å². The van der Waals surface area contributed by atoms with E-state index in [1.165, 1.54) is 59.2 Å². The number of hydrogen-bond donors (Lipinski definition) is 0. The maximum absolute atomic E-state index is 10.7. The quantitative estimate of drug-likeness (QED) is 0.188. The minimum absolute atomic E-state index is 0. The Labute approximate surface area is 178 Å². The Morgan fingerprint density at radius 3 is 0.393 bits per heavy atom. The Balaban J connectivity index is 0. The first-order valence-corrected chi connectivity index (χ1v) is 10.5. The number of hydrogen-bond acceptors (Lipinski definition) is 0. The predicted molar refractivity (Wildman–Crippen MR) is 103 cm³/mol. The molecule has 0 N–H and O–H groups in total. The average Bonchev–Trinajstić information content (AvgIpc) is 2.76. The van der Waals surface area contributed by atoms with Crippen LogP contribution < -0.4 is 0 Å². The van der Waals surface area contributed by atoms with Crippen molar-refractivity contribution in [1.29, 1.82) is 0 Å². The second kappa shape index (κ2) is 9.35. The van der Waals surface area contributed by atoms with Gasteiger partial charge in [0.2, 0.25) is 0 Å². The minimum Gasteiger partial charge on any atom is 3.00 e. The van der Waals surface area contributed by atoms with Crippen molar-refractivity contribution in [3.05, 3.63) is 59.2 Å². The molecule has 0 aliphatic heterocycles. The van der Waals surface area contributed by atoms with Crippen molar-refractivity contribution < 1.29 is 42.3 Å². The van der Waals surface area contributed by atoms with Gasteiger partial charge in [-0.3, -0.25) is 0 Å². The van der Waals surface area contributed by atoms with E-state index < -0.39 is 7.81 Å². The molecule has 0 saturated heterocycles. The molecule has 0 nitrogen and oxygen atoms in total. The van der Waals surface area contributed by atoms with E-state index in [1.807, 2.05) is 0 Å². The molecule has 2 fully saturated rings. The van der Waals surface area contributed by atoms with Crippen molar-refractivity contribution in [2.45, 2.75) is 69.2 Å². The smallest absolute Gasteiger partial charge is 3.00 e. The molecule has 8 heteroatoms. The molecule has 0 aromatic heterocycles. The molecule has 0 spiro atoms. The van der Waals surface area contributed by atoms with E-state index in [0.717, 1.165) is 0 Å². The van der Waals surface area contributed by atoms with Gasteiger partial charge in [-0.1, -0.05) is 69.2 Å². The first kappa shape index (κ1) is 30.7. The SMILES string of the molecule is C[C]1[C](C)[C](C)[C](C)[C]1C.C[C]1[C](C)[C](C)[C](C)[C]1C.F[P-](F)(F)(F)(F)F.[Fe+3]. The average molecular weight is 471 g/mol. The Morgan fingerprint density at radius 1 is 0.321 bits per heavy atom. The van der Waals surface area contributed by atoms with Crippen LogP contribution >= 0.6 is 7.81 Å². The molecule has 2 saturated carbocycles. The third kappa shape index (κ3) is 10.5. The Bertz CT molecular complexity index is 349. The molecule has 28 heavy (non-hydrogen) atoms. The van der Waals surface area contributed by atoms with E-state index in [4.69, 9.17) is 0 Å². The van der Waals surface area contributed by atoms with Gasteiger partial charge >= 0.3 is 50.1 Å². The van der Waals surface area contributed by atoms with Crippen LogP contribution in [-0.2, 0) is 17.1 Å². The van der Waals surface area contributed by atoms with Crippen LogP contribution in [0.3, 0.4) is 0 Å². The standard InChI is InChI=1S/2C10H15.F6P.Fe/c2*1-6-7(2)9(4)10(5)8(6)3;1-7(2,3,4,5)6;/h2*1-5H3;;/q;;-1;+3. The monoisotopic (exact) mass is 471 g/mol. The summed E-state index contributed by atoms with van der Waals surface area (Å²) >= 11 is 0. The molecule has 2 rings (SSSR count). The zero-order chi connectivity index (χ0) is 22.2. The van der Waals surface area contributed by atoms with Gasteiger partial charge in [0.15, 0.2) is 0 Å². The second-order valence-electron chi connectivity index (χ2n) is 7.21. The van der Waals surface area contributed by atoms with Gasteiger partial charge in [0.25, 0.3) is 0 Å². The zero-order valence-corrected chi connectivity index (χ0v) is 20.1. The molecular formula is C20H30F6FeP+2. The third-order valence-corrected chi connectivity index (χ3v) is 5.62. The molecule has 0 heterocycles. The van der Waals surface area contributed by atoms with E-state index in [1.54, 1.807) is 0 Å². The van der Waals surface area contributed by atoms with Gasteiger partial charge in [-0.25, -0.2) is 0 Å². The molecule has 0 unspecified atom stereocenters. The first-order chi connectivity index (χ1) is 11.6. The summed E-state index contributed by atoms with van der Waals surface area (Å²) in [5, 5.41) is 0. The Morgan fingerprint density at radius 2 is 0.357 bits per heavy atom. The molecule has 0 bridgehead atoms. The van der Waals surface area contributed by atoms with Crippen LogP contribution in [-0.4, -0.2) is 0 Å². The van der Waals surface area contributed by atoms with Crippen LogP contribution in [0.25, 0.3) is 0 Å². The van der Waals surface area contributed by atoms with Gasteiger partial charge in [-0.05, 0) is 59.2 Å². The minimum atomic E-state index is -10.7. The zero-order valence-electron chi connectivity index (χ0n) is 18.1. The summed E-state index contributed by atoms with van der Waals surface area (Å²) in [6.45, 7) is 22.0. The summed E-state index contributed by atoms with van der Waals surface area (Å²) in [4.78, 5) is 0. The third-order valence-electron chi connectivity index (χ3n) is 5.62. The fourth-order valence-electron chi connectivity index (χ4n) is 2.81. The molecule has 0 atom stereocenters. The summed E-state index contributed by atoms with van der Waals surface area (Å²) in [7, 11) is -10.7. The normalized spacial score (nSPS) is 26.1. The Kier molecular flexibility index (Phi) is 10.3. The summed E-state index contributed by atoms with van der Waals surface area (Å²) in [5.74, 6) is 14.7. The Hall–Kier alpha value is 0.529. The van der Waals surface area contributed by atoms with Crippen molar-refractivity contribution in [2.24, 2.45) is 0 Å². The summed E-state index contributed by atoms with van der Waals surface area (Å²) in [5.41, 5.74) is 0.